The van der Waals surface area contributed by atoms with Gasteiger partial charge in [-0.05, 0) is 24.5 Å². The van der Waals surface area contributed by atoms with E-state index in [0.717, 1.165) is 6.54 Å². The van der Waals surface area contributed by atoms with Crippen LogP contribution in [0, 0.1) is 5.82 Å². The number of phenols is 1. The van der Waals surface area contributed by atoms with Crippen LogP contribution < -0.4 is 5.32 Å². The summed E-state index contributed by atoms with van der Waals surface area (Å²) in [7, 11) is 0. The third-order valence-corrected chi connectivity index (χ3v) is 3.16. The van der Waals surface area contributed by atoms with Crippen LogP contribution >= 0.6 is 11.8 Å². The van der Waals surface area contributed by atoms with Crippen LogP contribution in [0.5, 0.6) is 5.75 Å². The molecule has 0 amide bonds. The summed E-state index contributed by atoms with van der Waals surface area (Å²) in [4.78, 5) is 0. The zero-order valence-electron chi connectivity index (χ0n) is 8.96. The maximum atomic E-state index is 12.9. The zero-order valence-corrected chi connectivity index (χ0v) is 9.77. The van der Waals surface area contributed by atoms with Gasteiger partial charge in [0.1, 0.15) is 11.6 Å². The summed E-state index contributed by atoms with van der Waals surface area (Å²) in [5, 5.41) is 13.1. The van der Waals surface area contributed by atoms with Gasteiger partial charge in [-0.3, -0.25) is 0 Å². The number of hydrogen-bond donors (Lipinski definition) is 2. The lowest BCUT2D eigenvalue weighted by atomic mass is 10.2. The van der Waals surface area contributed by atoms with E-state index in [1.807, 2.05) is 6.26 Å². The first kappa shape index (κ1) is 12.3. The summed E-state index contributed by atoms with van der Waals surface area (Å²) < 4.78 is 12.9. The van der Waals surface area contributed by atoms with E-state index in [1.165, 1.54) is 18.2 Å². The quantitative estimate of drug-likeness (QED) is 0.813. The molecule has 0 bridgehead atoms. The Morgan fingerprint density at radius 3 is 2.93 bits per heavy atom. The molecule has 0 spiro atoms. The van der Waals surface area contributed by atoms with Crippen molar-refractivity contribution in [1.29, 1.82) is 0 Å². The molecule has 2 nitrogen and oxygen atoms in total. The number of benzene rings is 1. The van der Waals surface area contributed by atoms with E-state index in [-0.39, 0.29) is 11.6 Å². The van der Waals surface area contributed by atoms with Crippen LogP contribution in [0.15, 0.2) is 18.2 Å². The monoisotopic (exact) mass is 229 g/mol. The number of aromatic hydroxyl groups is 1. The van der Waals surface area contributed by atoms with Crippen molar-refractivity contribution in [2.75, 3.05) is 12.8 Å². The largest absolute Gasteiger partial charge is 0.508 e. The molecule has 0 saturated carbocycles. The fourth-order valence-corrected chi connectivity index (χ4v) is 1.47. The van der Waals surface area contributed by atoms with Crippen molar-refractivity contribution >= 4 is 11.8 Å². The van der Waals surface area contributed by atoms with E-state index < -0.39 is 0 Å². The van der Waals surface area contributed by atoms with Crippen molar-refractivity contribution in [2.45, 2.75) is 18.7 Å². The van der Waals surface area contributed by atoms with Crippen molar-refractivity contribution in [3.05, 3.63) is 29.6 Å². The van der Waals surface area contributed by atoms with Crippen molar-refractivity contribution < 1.29 is 9.50 Å². The van der Waals surface area contributed by atoms with Crippen LogP contribution in [-0.4, -0.2) is 23.2 Å². The second-order valence-electron chi connectivity index (χ2n) is 3.45. The van der Waals surface area contributed by atoms with E-state index >= 15 is 0 Å². The molecule has 0 heterocycles. The maximum Gasteiger partial charge on any atom is 0.123 e. The molecule has 0 saturated heterocycles. The SMILES string of the molecule is CSC(C)CNCc1cc(F)ccc1O. The van der Waals surface area contributed by atoms with Crippen molar-refractivity contribution in [3.63, 3.8) is 0 Å². The number of thioether (sulfide) groups is 1. The summed E-state index contributed by atoms with van der Waals surface area (Å²) in [5.41, 5.74) is 0.600. The number of nitrogens with one attached hydrogen (secondary N) is 1. The molecule has 1 unspecified atom stereocenters. The first-order valence-electron chi connectivity index (χ1n) is 4.84. The predicted octanol–water partition coefficient (Wildman–Crippen LogP) is 2.37. The molecule has 0 aliphatic heterocycles. The predicted molar refractivity (Wildman–Crippen MR) is 62.7 cm³/mol. The molecule has 1 aromatic rings. The Balaban J connectivity index is 2.46. The molecule has 84 valence electrons. The Hall–Kier alpha value is -0.740. The molecule has 15 heavy (non-hydrogen) atoms. The standard InChI is InChI=1S/C11H16FNOS/c1-8(15-2)6-13-7-9-5-10(12)3-4-11(9)14/h3-5,8,13-14H,6-7H2,1-2H3. The van der Waals surface area contributed by atoms with Gasteiger partial charge in [0.15, 0.2) is 0 Å². The second-order valence-corrected chi connectivity index (χ2v) is 4.73. The Morgan fingerprint density at radius 2 is 2.27 bits per heavy atom. The fourth-order valence-electron chi connectivity index (χ4n) is 1.19. The highest BCUT2D eigenvalue weighted by atomic mass is 32.2. The second kappa shape index (κ2) is 5.98. The highest BCUT2D eigenvalue weighted by Crippen LogP contribution is 2.17. The van der Waals surface area contributed by atoms with Crippen LogP contribution in [0.4, 0.5) is 4.39 Å². The van der Waals surface area contributed by atoms with E-state index in [0.29, 0.717) is 17.4 Å². The molecule has 2 N–H and O–H groups in total. The number of phenolic OH excluding ortho intramolecular Hbond substituents is 1. The highest BCUT2D eigenvalue weighted by Gasteiger charge is 2.03. The van der Waals surface area contributed by atoms with Crippen molar-refractivity contribution in [1.82, 2.24) is 5.32 Å². The van der Waals surface area contributed by atoms with Crippen LogP contribution in [0.25, 0.3) is 0 Å². The molecular formula is C11H16FNOS. The van der Waals surface area contributed by atoms with Gasteiger partial charge in [0, 0.05) is 23.9 Å². The molecule has 0 aliphatic rings. The number of hydrogen-bond acceptors (Lipinski definition) is 3. The molecule has 1 aromatic carbocycles. The average Bonchev–Trinajstić information content (AvgIpc) is 2.23. The summed E-state index contributed by atoms with van der Waals surface area (Å²) in [6.45, 7) is 3.45. The molecule has 0 radical (unpaired) electrons. The molecule has 0 aromatic heterocycles. The summed E-state index contributed by atoms with van der Waals surface area (Å²) in [6.07, 6.45) is 2.05. The van der Waals surface area contributed by atoms with E-state index in [9.17, 15) is 9.50 Å². The lowest BCUT2D eigenvalue weighted by Gasteiger charge is -2.10. The first-order valence-corrected chi connectivity index (χ1v) is 6.13. The van der Waals surface area contributed by atoms with E-state index in [1.54, 1.807) is 11.8 Å². The summed E-state index contributed by atoms with van der Waals surface area (Å²) >= 11 is 1.77. The minimum absolute atomic E-state index is 0.140. The van der Waals surface area contributed by atoms with Gasteiger partial charge in [0.2, 0.25) is 0 Å². The highest BCUT2D eigenvalue weighted by molar-refractivity contribution is 7.99. The molecule has 1 atom stereocenters. The zero-order chi connectivity index (χ0) is 11.3. The molecule has 4 heteroatoms. The summed E-state index contributed by atoms with van der Waals surface area (Å²) in [6, 6.07) is 3.99. The van der Waals surface area contributed by atoms with Gasteiger partial charge in [0.05, 0.1) is 0 Å². The van der Waals surface area contributed by atoms with E-state index in [4.69, 9.17) is 0 Å². The number of rotatable bonds is 5. The molecular weight excluding hydrogens is 213 g/mol. The Bertz CT molecular complexity index is 319. The first-order chi connectivity index (χ1) is 7.13. The third kappa shape index (κ3) is 4.10. The van der Waals surface area contributed by atoms with Crippen LogP contribution in [0.2, 0.25) is 0 Å². The van der Waals surface area contributed by atoms with Gasteiger partial charge in [-0.15, -0.1) is 0 Å². The van der Waals surface area contributed by atoms with Crippen molar-refractivity contribution in [3.8, 4) is 5.75 Å². The Kier molecular flexibility index (Phi) is 4.91. The molecule has 0 fully saturated rings. The van der Waals surface area contributed by atoms with Gasteiger partial charge in [-0.2, -0.15) is 11.8 Å². The lowest BCUT2D eigenvalue weighted by Crippen LogP contribution is -2.22. The normalized spacial score (nSPS) is 12.7. The smallest absolute Gasteiger partial charge is 0.123 e. The number of halogens is 1. The van der Waals surface area contributed by atoms with Crippen LogP contribution in [-0.2, 0) is 6.54 Å². The van der Waals surface area contributed by atoms with E-state index in [2.05, 4.69) is 12.2 Å². The van der Waals surface area contributed by atoms with Crippen molar-refractivity contribution in [2.24, 2.45) is 0 Å². The van der Waals surface area contributed by atoms with Gasteiger partial charge in [0.25, 0.3) is 0 Å². The van der Waals surface area contributed by atoms with Gasteiger partial charge >= 0.3 is 0 Å². The third-order valence-electron chi connectivity index (χ3n) is 2.19. The Morgan fingerprint density at radius 1 is 1.53 bits per heavy atom. The average molecular weight is 229 g/mol. The van der Waals surface area contributed by atoms with Gasteiger partial charge in [-0.25, -0.2) is 4.39 Å². The molecule has 1 rings (SSSR count). The topological polar surface area (TPSA) is 32.3 Å². The van der Waals surface area contributed by atoms with Gasteiger partial charge in [-0.1, -0.05) is 6.92 Å². The van der Waals surface area contributed by atoms with Crippen LogP contribution in [0.3, 0.4) is 0 Å². The van der Waals surface area contributed by atoms with Crippen LogP contribution in [0.1, 0.15) is 12.5 Å². The lowest BCUT2D eigenvalue weighted by molar-refractivity contribution is 0.461. The van der Waals surface area contributed by atoms with Gasteiger partial charge < -0.3 is 10.4 Å². The molecule has 0 aliphatic carbocycles. The minimum Gasteiger partial charge on any atom is -0.508 e. The minimum atomic E-state index is -0.317. The summed E-state index contributed by atoms with van der Waals surface area (Å²) in [5.74, 6) is -0.178. The fraction of sp³-hybridized carbons (Fsp3) is 0.455. The maximum absolute atomic E-state index is 12.9. The Labute approximate surface area is 93.9 Å².